The molecule has 0 aliphatic rings. The van der Waals surface area contributed by atoms with Crippen LogP contribution in [0.3, 0.4) is 0 Å². The van der Waals surface area contributed by atoms with Crippen molar-refractivity contribution in [1.29, 1.82) is 0 Å². The van der Waals surface area contributed by atoms with Crippen molar-refractivity contribution >= 4 is 23.3 Å². The largest absolute Gasteiger partial charge is 0.370 e. The van der Waals surface area contributed by atoms with Gasteiger partial charge in [-0.3, -0.25) is 4.79 Å². The number of aryl methyl sites for hydroxylation is 1. The number of rotatable bonds is 5. The third-order valence-electron chi connectivity index (χ3n) is 2.91. The van der Waals surface area contributed by atoms with Gasteiger partial charge in [-0.1, -0.05) is 42.5 Å². The molecule has 2 aromatic carbocycles. The first kappa shape index (κ1) is 14.4. The average molecular weight is 282 g/mol. The van der Waals surface area contributed by atoms with Crippen LogP contribution in [0.25, 0.3) is 5.76 Å². The smallest absolute Gasteiger partial charge is 0.251 e. The normalized spacial score (nSPS) is 9.57. The van der Waals surface area contributed by atoms with Gasteiger partial charge >= 0.3 is 0 Å². The van der Waals surface area contributed by atoms with Gasteiger partial charge in [-0.2, -0.15) is 0 Å². The number of nitrogens with two attached hydrogens (primary N) is 1. The number of benzene rings is 2. The molecule has 0 aliphatic heterocycles. The molecule has 0 aliphatic carbocycles. The number of anilines is 1. The van der Waals surface area contributed by atoms with Gasteiger partial charge in [-0.25, -0.2) is 10.3 Å². The maximum Gasteiger partial charge on any atom is 0.251 e. The highest BCUT2D eigenvalue weighted by Gasteiger charge is 2.12. The summed E-state index contributed by atoms with van der Waals surface area (Å²) >= 11 is 0. The Balaban J connectivity index is 2.22. The summed E-state index contributed by atoms with van der Waals surface area (Å²) in [5.74, 6) is 1.14. The van der Waals surface area contributed by atoms with Crippen LogP contribution in [0, 0.1) is 6.92 Å². The number of primary amides is 1. The van der Waals surface area contributed by atoms with Crippen LogP contribution in [0.5, 0.6) is 0 Å². The van der Waals surface area contributed by atoms with Crippen molar-refractivity contribution < 1.29 is 14.4 Å². The van der Waals surface area contributed by atoms with Crippen LogP contribution in [0.4, 0.5) is 5.69 Å². The molecule has 1 amide bonds. The van der Waals surface area contributed by atoms with Crippen molar-refractivity contribution in [2.45, 2.75) is 6.92 Å². The van der Waals surface area contributed by atoms with E-state index in [0.717, 1.165) is 0 Å². The van der Waals surface area contributed by atoms with E-state index in [9.17, 15) is 9.59 Å². The molecule has 5 nitrogen and oxygen atoms in total. The lowest BCUT2D eigenvalue weighted by Gasteiger charge is -2.13. The van der Waals surface area contributed by atoms with E-state index in [0.29, 0.717) is 22.4 Å². The zero-order valence-electron chi connectivity index (χ0n) is 11.4. The van der Waals surface area contributed by atoms with Gasteiger partial charge < -0.3 is 10.6 Å². The van der Waals surface area contributed by atoms with E-state index in [1.807, 2.05) is 6.07 Å². The molecule has 0 aromatic heterocycles. The summed E-state index contributed by atoms with van der Waals surface area (Å²) in [6.07, 6.45) is 0. The molecule has 2 aromatic rings. The summed E-state index contributed by atoms with van der Waals surface area (Å²) in [5, 5.41) is 0. The van der Waals surface area contributed by atoms with E-state index in [-0.39, 0.29) is 5.76 Å². The first-order valence-electron chi connectivity index (χ1n) is 6.26. The Kier molecular flexibility index (Phi) is 4.39. The van der Waals surface area contributed by atoms with Gasteiger partial charge in [0.05, 0.1) is 11.3 Å². The van der Waals surface area contributed by atoms with Crippen molar-refractivity contribution in [1.82, 2.24) is 0 Å². The van der Waals surface area contributed by atoms with Crippen LogP contribution >= 0.6 is 0 Å². The SMILES string of the molecule is Cc1cccc(NOC(=C=O)c2ccccc2)c1C(N)=O. The molecule has 0 saturated carbocycles. The van der Waals surface area contributed by atoms with Crippen LogP contribution in [0.15, 0.2) is 48.5 Å². The van der Waals surface area contributed by atoms with Crippen molar-refractivity contribution in [3.8, 4) is 0 Å². The number of nitrogens with one attached hydrogen (secondary N) is 1. The zero-order valence-corrected chi connectivity index (χ0v) is 11.4. The fraction of sp³-hybridized carbons (Fsp3) is 0.0625. The summed E-state index contributed by atoms with van der Waals surface area (Å²) in [6.45, 7) is 1.76. The standard InChI is InChI=1S/C16H14N2O3/c1-11-6-5-9-13(15(11)16(17)20)18-21-14(10-19)12-7-3-2-4-8-12/h2-9,18H,1H3,(H2,17,20). The Hall–Kier alpha value is -3.04. The second kappa shape index (κ2) is 6.41. The first-order valence-corrected chi connectivity index (χ1v) is 6.26. The van der Waals surface area contributed by atoms with Crippen molar-refractivity contribution in [3.63, 3.8) is 0 Å². The molecule has 0 unspecified atom stereocenters. The Labute approximate surface area is 122 Å². The summed E-state index contributed by atoms with van der Waals surface area (Å²) in [7, 11) is 0. The van der Waals surface area contributed by atoms with Gasteiger partial charge in [-0.15, -0.1) is 0 Å². The van der Waals surface area contributed by atoms with E-state index in [2.05, 4.69) is 5.48 Å². The van der Waals surface area contributed by atoms with Gasteiger partial charge in [0, 0.05) is 5.56 Å². The molecule has 0 spiro atoms. The molecule has 2 rings (SSSR count). The van der Waals surface area contributed by atoms with Gasteiger partial charge in [0.25, 0.3) is 5.91 Å². The molecule has 0 radical (unpaired) electrons. The summed E-state index contributed by atoms with van der Waals surface area (Å²) < 4.78 is 0. The lowest BCUT2D eigenvalue weighted by Crippen LogP contribution is -2.16. The molecule has 0 atom stereocenters. The van der Waals surface area contributed by atoms with E-state index < -0.39 is 5.91 Å². The second-order valence-corrected chi connectivity index (χ2v) is 4.36. The molecule has 21 heavy (non-hydrogen) atoms. The van der Waals surface area contributed by atoms with Gasteiger partial charge in [-0.05, 0) is 18.6 Å². The minimum Gasteiger partial charge on any atom is -0.370 e. The Morgan fingerprint density at radius 1 is 1.14 bits per heavy atom. The third-order valence-corrected chi connectivity index (χ3v) is 2.91. The molecular weight excluding hydrogens is 268 g/mol. The fourth-order valence-electron chi connectivity index (χ4n) is 1.91. The topological polar surface area (TPSA) is 81.4 Å². The Morgan fingerprint density at radius 3 is 2.48 bits per heavy atom. The maximum atomic E-state index is 11.5. The average Bonchev–Trinajstić information content (AvgIpc) is 2.48. The van der Waals surface area contributed by atoms with Crippen LogP contribution in [-0.4, -0.2) is 11.8 Å². The van der Waals surface area contributed by atoms with E-state index in [4.69, 9.17) is 10.6 Å². The highest BCUT2D eigenvalue weighted by atomic mass is 16.6. The number of hydrogen-bond acceptors (Lipinski definition) is 4. The lowest BCUT2D eigenvalue weighted by molar-refractivity contribution is 0.1000. The molecule has 0 fully saturated rings. The van der Waals surface area contributed by atoms with Gasteiger partial charge in [0.1, 0.15) is 0 Å². The molecule has 106 valence electrons. The number of carbonyl (C=O) groups is 1. The van der Waals surface area contributed by atoms with Crippen LogP contribution in [0.1, 0.15) is 21.5 Å². The Bertz CT molecular complexity index is 705. The summed E-state index contributed by atoms with van der Waals surface area (Å²) in [5.41, 5.74) is 9.93. The number of hydrogen-bond donors (Lipinski definition) is 2. The number of amides is 1. The minimum absolute atomic E-state index is 0.00692. The van der Waals surface area contributed by atoms with Gasteiger partial charge in [0.15, 0.2) is 5.94 Å². The van der Waals surface area contributed by atoms with E-state index in [1.54, 1.807) is 55.3 Å². The molecule has 0 heterocycles. The maximum absolute atomic E-state index is 11.5. The first-order chi connectivity index (χ1) is 10.1. The predicted molar refractivity (Wildman–Crippen MR) is 79.9 cm³/mol. The van der Waals surface area contributed by atoms with Crippen LogP contribution in [-0.2, 0) is 9.63 Å². The molecule has 3 N–H and O–H groups in total. The minimum atomic E-state index is -0.574. The summed E-state index contributed by atoms with van der Waals surface area (Å²) in [4.78, 5) is 27.7. The second-order valence-electron chi connectivity index (χ2n) is 4.36. The zero-order chi connectivity index (χ0) is 15.2. The quantitative estimate of drug-likeness (QED) is 0.501. The fourth-order valence-corrected chi connectivity index (χ4v) is 1.91. The molecule has 0 bridgehead atoms. The van der Waals surface area contributed by atoms with Crippen molar-refractivity contribution in [2.75, 3.05) is 5.48 Å². The molecule has 5 heteroatoms. The van der Waals surface area contributed by atoms with E-state index >= 15 is 0 Å². The van der Waals surface area contributed by atoms with Crippen molar-refractivity contribution in [2.24, 2.45) is 5.73 Å². The van der Waals surface area contributed by atoms with Crippen LogP contribution < -0.4 is 11.2 Å². The van der Waals surface area contributed by atoms with E-state index in [1.165, 1.54) is 0 Å². The highest BCUT2D eigenvalue weighted by molar-refractivity contribution is 5.99. The monoisotopic (exact) mass is 282 g/mol. The number of carbonyl (C=O) groups excluding carboxylic acids is 2. The summed E-state index contributed by atoms with van der Waals surface area (Å²) in [6, 6.07) is 14.0. The third kappa shape index (κ3) is 3.29. The predicted octanol–water partition coefficient (Wildman–Crippen LogP) is 2.31. The molecule has 0 saturated heterocycles. The van der Waals surface area contributed by atoms with Gasteiger partial charge in [0.2, 0.25) is 5.76 Å². The molecular formula is C16H14N2O3. The lowest BCUT2D eigenvalue weighted by atomic mass is 10.1. The highest BCUT2D eigenvalue weighted by Crippen LogP contribution is 2.21. The van der Waals surface area contributed by atoms with Crippen LogP contribution in [0.2, 0.25) is 0 Å². The van der Waals surface area contributed by atoms with Crippen molar-refractivity contribution in [3.05, 3.63) is 65.2 Å². The Morgan fingerprint density at radius 2 is 1.86 bits per heavy atom.